The Hall–Kier alpha value is -2.44. The van der Waals surface area contributed by atoms with Gasteiger partial charge in [0, 0.05) is 31.1 Å². The van der Waals surface area contributed by atoms with Gasteiger partial charge in [0.15, 0.2) is 11.6 Å². The number of halogens is 6. The van der Waals surface area contributed by atoms with Gasteiger partial charge in [0.1, 0.15) is 17.9 Å². The molecular weight excluding hydrogens is 428 g/mol. The van der Waals surface area contributed by atoms with Gasteiger partial charge in [-0.1, -0.05) is 6.08 Å². The summed E-state index contributed by atoms with van der Waals surface area (Å²) >= 11 is 0. The third-order valence-corrected chi connectivity index (χ3v) is 5.78. The van der Waals surface area contributed by atoms with Gasteiger partial charge in [-0.25, -0.2) is 13.2 Å². The fourth-order valence-corrected chi connectivity index (χ4v) is 4.17. The lowest BCUT2D eigenvalue weighted by Gasteiger charge is -2.36. The minimum atomic E-state index is -4.62. The van der Waals surface area contributed by atoms with Gasteiger partial charge in [-0.05, 0) is 30.0 Å². The molecule has 3 N–H and O–H groups in total. The average molecular weight is 447 g/mol. The van der Waals surface area contributed by atoms with E-state index in [9.17, 15) is 31.4 Å². The van der Waals surface area contributed by atoms with E-state index in [0.717, 1.165) is 10.6 Å². The van der Waals surface area contributed by atoms with Crippen LogP contribution < -0.4 is 5.73 Å². The van der Waals surface area contributed by atoms with Crippen LogP contribution in [0.4, 0.5) is 26.3 Å². The van der Waals surface area contributed by atoms with Crippen molar-refractivity contribution in [1.29, 1.82) is 0 Å². The van der Waals surface area contributed by atoms with Crippen molar-refractivity contribution >= 4 is 0 Å². The number of benzene rings is 1. The summed E-state index contributed by atoms with van der Waals surface area (Å²) in [6, 6.07) is 0.601. The molecule has 0 saturated heterocycles. The summed E-state index contributed by atoms with van der Waals surface area (Å²) in [4.78, 5) is 1.54. The number of hydrogen-bond acceptors (Lipinski definition) is 5. The fourth-order valence-electron chi connectivity index (χ4n) is 4.17. The predicted molar refractivity (Wildman–Crippen MR) is 95.8 cm³/mol. The molecule has 0 fully saturated rings. The number of nitrogens with zero attached hydrogens (tertiary/aromatic N) is 4. The summed E-state index contributed by atoms with van der Waals surface area (Å²) in [5, 5.41) is 17.5. The van der Waals surface area contributed by atoms with Crippen molar-refractivity contribution in [2.24, 2.45) is 5.73 Å². The van der Waals surface area contributed by atoms with E-state index in [0.29, 0.717) is 11.6 Å². The second kappa shape index (κ2) is 7.92. The highest BCUT2D eigenvalue weighted by atomic mass is 19.4. The van der Waals surface area contributed by atoms with Crippen LogP contribution in [0.5, 0.6) is 0 Å². The molecule has 1 aliphatic carbocycles. The minimum absolute atomic E-state index is 0.0399. The van der Waals surface area contributed by atoms with Crippen LogP contribution in [0, 0.1) is 17.5 Å². The van der Waals surface area contributed by atoms with Gasteiger partial charge in [0.25, 0.3) is 0 Å². The van der Waals surface area contributed by atoms with E-state index in [4.69, 9.17) is 5.73 Å². The number of rotatable bonds is 3. The minimum Gasteiger partial charge on any atom is -0.374 e. The van der Waals surface area contributed by atoms with Crippen molar-refractivity contribution in [3.05, 3.63) is 58.4 Å². The first-order valence-electron chi connectivity index (χ1n) is 9.56. The van der Waals surface area contributed by atoms with Gasteiger partial charge in [0.2, 0.25) is 5.82 Å². The molecule has 12 heteroatoms. The van der Waals surface area contributed by atoms with Crippen molar-refractivity contribution in [3.8, 4) is 0 Å². The van der Waals surface area contributed by atoms with Crippen molar-refractivity contribution in [2.75, 3.05) is 6.54 Å². The first kappa shape index (κ1) is 21.8. The molecule has 0 amide bonds. The molecule has 2 heterocycles. The number of aromatic nitrogens is 3. The molecule has 3 unspecified atom stereocenters. The van der Waals surface area contributed by atoms with Crippen molar-refractivity contribution in [3.63, 3.8) is 0 Å². The SMILES string of the molecule is NC1CC(C(O)N2CCn3c(nnc3C(F)(F)F)C2)=CCC1c1cc(F)c(F)cc1F. The van der Waals surface area contributed by atoms with Crippen molar-refractivity contribution < 1.29 is 31.4 Å². The van der Waals surface area contributed by atoms with Crippen LogP contribution in [0.25, 0.3) is 0 Å². The third kappa shape index (κ3) is 4.06. The zero-order chi connectivity index (χ0) is 22.5. The van der Waals surface area contributed by atoms with Crippen LogP contribution in [0.2, 0.25) is 0 Å². The second-order valence-corrected chi connectivity index (χ2v) is 7.71. The van der Waals surface area contributed by atoms with E-state index >= 15 is 0 Å². The van der Waals surface area contributed by atoms with Crippen LogP contribution >= 0.6 is 0 Å². The molecule has 0 spiro atoms. The molecule has 1 aromatic heterocycles. The van der Waals surface area contributed by atoms with Gasteiger partial charge in [-0.15, -0.1) is 10.2 Å². The molecule has 4 rings (SSSR count). The fraction of sp³-hybridized carbons (Fsp3) is 0.474. The Morgan fingerprint density at radius 3 is 2.45 bits per heavy atom. The Labute approximate surface area is 173 Å². The molecule has 3 atom stereocenters. The zero-order valence-corrected chi connectivity index (χ0v) is 16.1. The first-order valence-corrected chi connectivity index (χ1v) is 9.56. The number of fused-ring (bicyclic) bond motifs is 1. The lowest BCUT2D eigenvalue weighted by Crippen LogP contribution is -2.45. The largest absolute Gasteiger partial charge is 0.451 e. The van der Waals surface area contributed by atoms with Gasteiger partial charge < -0.3 is 15.4 Å². The van der Waals surface area contributed by atoms with E-state index < -0.39 is 47.6 Å². The Morgan fingerprint density at radius 1 is 1.06 bits per heavy atom. The second-order valence-electron chi connectivity index (χ2n) is 7.71. The smallest absolute Gasteiger partial charge is 0.374 e. The van der Waals surface area contributed by atoms with Gasteiger partial charge in [-0.2, -0.15) is 13.2 Å². The quantitative estimate of drug-likeness (QED) is 0.430. The van der Waals surface area contributed by atoms with Crippen LogP contribution in [-0.2, 0) is 19.3 Å². The molecule has 1 aliphatic heterocycles. The standard InChI is InChI=1S/C19H19F6N5O/c20-12-7-14(22)13(21)6-11(12)10-2-1-9(5-15(10)26)17(31)29-3-4-30-16(8-29)27-28-18(30)19(23,24)25/h1,6-7,10,15,17,31H,2-5,8,26H2. The molecule has 31 heavy (non-hydrogen) atoms. The molecule has 0 saturated carbocycles. The monoisotopic (exact) mass is 447 g/mol. The molecule has 1 aromatic carbocycles. The number of aliphatic hydroxyl groups is 1. The highest BCUT2D eigenvalue weighted by molar-refractivity contribution is 5.29. The average Bonchev–Trinajstić information content (AvgIpc) is 3.14. The Morgan fingerprint density at radius 2 is 1.77 bits per heavy atom. The summed E-state index contributed by atoms with van der Waals surface area (Å²) in [6.45, 7) is 0.0391. The highest BCUT2D eigenvalue weighted by Crippen LogP contribution is 2.36. The molecule has 6 nitrogen and oxygen atoms in total. The Kier molecular flexibility index (Phi) is 5.56. The molecular formula is C19H19F6N5O. The lowest BCUT2D eigenvalue weighted by atomic mass is 9.80. The number of nitrogens with two attached hydrogens (primary N) is 1. The van der Waals surface area contributed by atoms with Gasteiger partial charge in [0.05, 0.1) is 6.54 Å². The lowest BCUT2D eigenvalue weighted by molar-refractivity contribution is -0.148. The van der Waals surface area contributed by atoms with Crippen LogP contribution in [0.15, 0.2) is 23.8 Å². The van der Waals surface area contributed by atoms with Crippen molar-refractivity contribution in [2.45, 2.75) is 50.3 Å². The molecule has 2 aliphatic rings. The summed E-state index contributed by atoms with van der Waals surface area (Å²) in [5.74, 6) is -4.96. The number of allylic oxidation sites excluding steroid dienone is 1. The zero-order valence-electron chi connectivity index (χ0n) is 16.1. The van der Waals surface area contributed by atoms with Crippen LogP contribution in [0.3, 0.4) is 0 Å². The maximum atomic E-state index is 14.1. The van der Waals surface area contributed by atoms with E-state index in [1.165, 1.54) is 0 Å². The first-order chi connectivity index (χ1) is 14.6. The summed E-state index contributed by atoms with van der Waals surface area (Å²) in [5.41, 5.74) is 6.63. The Bertz CT molecular complexity index is 1020. The predicted octanol–water partition coefficient (Wildman–Crippen LogP) is 2.68. The topological polar surface area (TPSA) is 80.2 Å². The van der Waals surface area contributed by atoms with Crippen LogP contribution in [0.1, 0.15) is 36.0 Å². The molecule has 0 bridgehead atoms. The molecule has 168 valence electrons. The normalized spacial score (nSPS) is 23.4. The van der Waals surface area contributed by atoms with Gasteiger partial charge in [-0.3, -0.25) is 4.90 Å². The summed E-state index contributed by atoms with van der Waals surface area (Å²) in [6.07, 6.45) is -3.74. The number of aliphatic hydroxyl groups excluding tert-OH is 1. The third-order valence-electron chi connectivity index (χ3n) is 5.78. The van der Waals surface area contributed by atoms with E-state index in [1.54, 1.807) is 11.0 Å². The Balaban J connectivity index is 1.49. The molecule has 0 radical (unpaired) electrons. The summed E-state index contributed by atoms with van der Waals surface area (Å²) in [7, 11) is 0. The summed E-state index contributed by atoms with van der Waals surface area (Å²) < 4.78 is 80.8. The van der Waals surface area contributed by atoms with Gasteiger partial charge >= 0.3 is 6.18 Å². The number of hydrogen-bond donors (Lipinski definition) is 2. The van der Waals surface area contributed by atoms with E-state index in [2.05, 4.69) is 10.2 Å². The number of alkyl halides is 3. The maximum Gasteiger partial charge on any atom is 0.451 e. The van der Waals surface area contributed by atoms with E-state index in [1.807, 2.05) is 0 Å². The van der Waals surface area contributed by atoms with Crippen molar-refractivity contribution in [1.82, 2.24) is 19.7 Å². The van der Waals surface area contributed by atoms with E-state index in [-0.39, 0.29) is 43.9 Å². The maximum absolute atomic E-state index is 14.1. The van der Waals surface area contributed by atoms with Crippen LogP contribution in [-0.4, -0.2) is 43.6 Å². The highest BCUT2D eigenvalue weighted by Gasteiger charge is 2.40. The molecule has 2 aromatic rings.